The lowest BCUT2D eigenvalue weighted by molar-refractivity contribution is -0.121. The van der Waals surface area contributed by atoms with Crippen LogP contribution in [0.5, 0.6) is 0 Å². The topological polar surface area (TPSA) is 107 Å². The van der Waals surface area contributed by atoms with Crippen LogP contribution in [0.15, 0.2) is 24.3 Å². The maximum absolute atomic E-state index is 11.9. The van der Waals surface area contributed by atoms with E-state index >= 15 is 0 Å². The smallest absolute Gasteiger partial charge is 0.248 e. The molecule has 1 heterocycles. The number of amides is 2. The summed E-state index contributed by atoms with van der Waals surface area (Å²) in [6, 6.07) is 6.31. The van der Waals surface area contributed by atoms with Gasteiger partial charge in [0.25, 0.3) is 0 Å². The third-order valence-electron chi connectivity index (χ3n) is 2.93. The molecule has 5 N–H and O–H groups in total. The van der Waals surface area contributed by atoms with Gasteiger partial charge in [-0.05, 0) is 30.7 Å². The summed E-state index contributed by atoms with van der Waals surface area (Å²) in [5, 5.41) is 2.69. The van der Waals surface area contributed by atoms with Crippen molar-refractivity contribution in [2.75, 3.05) is 18.5 Å². The van der Waals surface area contributed by atoms with E-state index in [0.717, 1.165) is 0 Å². The van der Waals surface area contributed by atoms with Gasteiger partial charge in [0.05, 0.1) is 6.61 Å². The third kappa shape index (κ3) is 2.49. The van der Waals surface area contributed by atoms with E-state index in [0.29, 0.717) is 24.3 Å². The molecule has 6 nitrogen and oxygen atoms in total. The highest BCUT2D eigenvalue weighted by molar-refractivity contribution is 5.99. The van der Waals surface area contributed by atoms with E-state index in [1.807, 2.05) is 0 Å². The van der Waals surface area contributed by atoms with E-state index in [4.69, 9.17) is 16.2 Å². The summed E-state index contributed by atoms with van der Waals surface area (Å²) in [7, 11) is 0. The van der Waals surface area contributed by atoms with Crippen LogP contribution in [0.1, 0.15) is 16.8 Å². The van der Waals surface area contributed by atoms with Gasteiger partial charge in [0.2, 0.25) is 11.8 Å². The second-order valence-corrected chi connectivity index (χ2v) is 4.35. The minimum Gasteiger partial charge on any atom is -0.379 e. The van der Waals surface area contributed by atoms with Gasteiger partial charge in [-0.2, -0.15) is 0 Å². The van der Waals surface area contributed by atoms with Crippen molar-refractivity contribution in [3.63, 3.8) is 0 Å². The fourth-order valence-corrected chi connectivity index (χ4v) is 1.73. The predicted octanol–water partition coefficient (Wildman–Crippen LogP) is -0.158. The second kappa shape index (κ2) is 4.75. The average Bonchev–Trinajstić information content (AvgIpc) is 2.78. The molecule has 1 aromatic rings. The Bertz CT molecular complexity index is 464. The molecular formula is C12H15N3O3. The summed E-state index contributed by atoms with van der Waals surface area (Å²) in [5.74, 6) is -0.792. The molecule has 1 unspecified atom stereocenters. The number of nitrogens with two attached hydrogens (primary N) is 2. The summed E-state index contributed by atoms with van der Waals surface area (Å²) in [5.41, 5.74) is 11.0. The Morgan fingerprint density at radius 1 is 1.28 bits per heavy atom. The van der Waals surface area contributed by atoms with Gasteiger partial charge in [0, 0.05) is 17.9 Å². The molecule has 1 aliphatic rings. The SMILES string of the molecule is NC(=O)c1ccc(NC(=O)C2(N)CCOC2)cc1. The van der Waals surface area contributed by atoms with Gasteiger partial charge in [-0.1, -0.05) is 0 Å². The first-order valence-corrected chi connectivity index (χ1v) is 5.59. The van der Waals surface area contributed by atoms with Crippen LogP contribution in [0.25, 0.3) is 0 Å². The quantitative estimate of drug-likeness (QED) is 0.691. The van der Waals surface area contributed by atoms with Crippen LogP contribution in [0.4, 0.5) is 5.69 Å². The number of rotatable bonds is 3. The summed E-state index contributed by atoms with van der Waals surface area (Å²) in [4.78, 5) is 22.8. The van der Waals surface area contributed by atoms with Gasteiger partial charge in [-0.15, -0.1) is 0 Å². The van der Waals surface area contributed by atoms with Crippen molar-refractivity contribution in [1.29, 1.82) is 0 Å². The highest BCUT2D eigenvalue weighted by atomic mass is 16.5. The number of carbonyl (C=O) groups excluding carboxylic acids is 2. The van der Waals surface area contributed by atoms with E-state index in [1.54, 1.807) is 24.3 Å². The molecule has 1 atom stereocenters. The van der Waals surface area contributed by atoms with E-state index in [9.17, 15) is 9.59 Å². The highest BCUT2D eigenvalue weighted by Gasteiger charge is 2.38. The molecule has 1 aromatic carbocycles. The van der Waals surface area contributed by atoms with Crippen LogP contribution in [-0.4, -0.2) is 30.6 Å². The van der Waals surface area contributed by atoms with Gasteiger partial charge in [-0.3, -0.25) is 9.59 Å². The first kappa shape index (κ1) is 12.5. The van der Waals surface area contributed by atoms with Gasteiger partial charge in [-0.25, -0.2) is 0 Å². The van der Waals surface area contributed by atoms with Crippen LogP contribution in [0.2, 0.25) is 0 Å². The zero-order valence-corrected chi connectivity index (χ0v) is 9.81. The fraction of sp³-hybridized carbons (Fsp3) is 0.333. The zero-order valence-electron chi connectivity index (χ0n) is 9.81. The summed E-state index contributed by atoms with van der Waals surface area (Å²) in [6.45, 7) is 0.711. The van der Waals surface area contributed by atoms with Crippen molar-refractivity contribution >= 4 is 17.5 Å². The number of anilines is 1. The van der Waals surface area contributed by atoms with Crippen LogP contribution in [0, 0.1) is 0 Å². The molecule has 2 rings (SSSR count). The minimum atomic E-state index is -0.970. The molecule has 2 amide bonds. The molecule has 1 fully saturated rings. The van der Waals surface area contributed by atoms with Crippen molar-refractivity contribution in [2.24, 2.45) is 11.5 Å². The first-order valence-electron chi connectivity index (χ1n) is 5.59. The summed E-state index contributed by atoms with van der Waals surface area (Å²) < 4.78 is 5.12. The largest absolute Gasteiger partial charge is 0.379 e. The zero-order chi connectivity index (χ0) is 13.2. The molecule has 1 aliphatic heterocycles. The normalized spacial score (nSPS) is 22.7. The molecule has 0 radical (unpaired) electrons. The number of ether oxygens (including phenoxy) is 1. The van der Waals surface area contributed by atoms with Gasteiger partial charge in [0.15, 0.2) is 0 Å². The third-order valence-corrected chi connectivity index (χ3v) is 2.93. The molecule has 0 saturated carbocycles. The molecule has 0 spiro atoms. The van der Waals surface area contributed by atoms with E-state index in [-0.39, 0.29) is 12.5 Å². The molecule has 1 saturated heterocycles. The van der Waals surface area contributed by atoms with Gasteiger partial charge >= 0.3 is 0 Å². The lowest BCUT2D eigenvalue weighted by atomic mass is 9.99. The first-order chi connectivity index (χ1) is 8.51. The Balaban J connectivity index is 2.05. The number of hydrogen-bond acceptors (Lipinski definition) is 4. The molecule has 96 valence electrons. The standard InChI is InChI=1S/C12H15N3O3/c13-10(16)8-1-3-9(4-2-8)15-11(17)12(14)5-6-18-7-12/h1-4H,5-7,14H2,(H2,13,16)(H,15,17). The Morgan fingerprint density at radius 2 is 1.94 bits per heavy atom. The highest BCUT2D eigenvalue weighted by Crippen LogP contribution is 2.18. The number of benzene rings is 1. The van der Waals surface area contributed by atoms with Crippen molar-refractivity contribution in [1.82, 2.24) is 0 Å². The average molecular weight is 249 g/mol. The lowest BCUT2D eigenvalue weighted by Gasteiger charge is -2.20. The molecule has 0 bridgehead atoms. The molecule has 0 aliphatic carbocycles. The van der Waals surface area contributed by atoms with Crippen molar-refractivity contribution in [3.05, 3.63) is 29.8 Å². The monoisotopic (exact) mass is 249 g/mol. The molecule has 18 heavy (non-hydrogen) atoms. The maximum atomic E-state index is 11.9. The maximum Gasteiger partial charge on any atom is 0.248 e. The Hall–Kier alpha value is -1.92. The second-order valence-electron chi connectivity index (χ2n) is 4.35. The Labute approximate surface area is 104 Å². The molecular weight excluding hydrogens is 234 g/mol. The number of nitrogens with one attached hydrogen (secondary N) is 1. The lowest BCUT2D eigenvalue weighted by Crippen LogP contribution is -2.51. The van der Waals surface area contributed by atoms with E-state index < -0.39 is 11.4 Å². The Morgan fingerprint density at radius 3 is 2.44 bits per heavy atom. The van der Waals surface area contributed by atoms with Gasteiger partial charge in [0.1, 0.15) is 5.54 Å². The minimum absolute atomic E-state index is 0.220. The molecule has 6 heteroatoms. The van der Waals surface area contributed by atoms with Gasteiger partial charge < -0.3 is 21.5 Å². The van der Waals surface area contributed by atoms with Crippen LogP contribution in [0.3, 0.4) is 0 Å². The van der Waals surface area contributed by atoms with Crippen LogP contribution >= 0.6 is 0 Å². The summed E-state index contributed by atoms with van der Waals surface area (Å²) in [6.07, 6.45) is 0.498. The van der Waals surface area contributed by atoms with Crippen LogP contribution in [-0.2, 0) is 9.53 Å². The fourth-order valence-electron chi connectivity index (χ4n) is 1.73. The van der Waals surface area contributed by atoms with E-state index in [1.165, 1.54) is 0 Å². The Kier molecular flexibility index (Phi) is 3.31. The number of primary amides is 1. The molecule has 0 aromatic heterocycles. The number of carbonyl (C=O) groups is 2. The van der Waals surface area contributed by atoms with E-state index in [2.05, 4.69) is 5.32 Å². The van der Waals surface area contributed by atoms with Crippen molar-refractivity contribution in [2.45, 2.75) is 12.0 Å². The van der Waals surface area contributed by atoms with Crippen molar-refractivity contribution < 1.29 is 14.3 Å². The van der Waals surface area contributed by atoms with Crippen molar-refractivity contribution in [3.8, 4) is 0 Å². The number of hydrogen-bond donors (Lipinski definition) is 3. The van der Waals surface area contributed by atoms with Crippen LogP contribution < -0.4 is 16.8 Å². The summed E-state index contributed by atoms with van der Waals surface area (Å²) >= 11 is 0. The predicted molar refractivity (Wildman–Crippen MR) is 65.9 cm³/mol.